The monoisotopic (exact) mass is 1340 g/mol. The van der Waals surface area contributed by atoms with Gasteiger partial charge in [0.05, 0.1) is 63.8 Å². The van der Waals surface area contributed by atoms with Crippen LogP contribution in [0.5, 0.6) is 0 Å². The highest BCUT2D eigenvalue weighted by Crippen LogP contribution is 2.46. The number of likely N-dealkylation sites (tertiary alicyclic amines) is 2. The van der Waals surface area contributed by atoms with Crippen molar-refractivity contribution in [3.8, 4) is 0 Å². The summed E-state index contributed by atoms with van der Waals surface area (Å²) in [7, 11) is 0. The van der Waals surface area contributed by atoms with Gasteiger partial charge in [-0.15, -0.1) is 0 Å². The van der Waals surface area contributed by atoms with Gasteiger partial charge >= 0.3 is 24.2 Å². The van der Waals surface area contributed by atoms with E-state index in [9.17, 15) is 46.1 Å². The number of rotatable bonds is 22. The summed E-state index contributed by atoms with van der Waals surface area (Å²) >= 11 is 0. The fraction of sp³-hybridized carbons (Fsp3) is 0.484. The van der Waals surface area contributed by atoms with Crippen molar-refractivity contribution >= 4 is 57.4 Å². The summed E-state index contributed by atoms with van der Waals surface area (Å²) in [5.74, 6) is -13.0. The van der Waals surface area contributed by atoms with Gasteiger partial charge < -0.3 is 61.5 Å². The average molecular weight is 1350 g/mol. The Morgan fingerprint density at radius 3 is 1.15 bits per heavy atom. The molecular weight excluding hydrogens is 1270 g/mol. The fourth-order valence-electron chi connectivity index (χ4n) is 11.5. The first-order chi connectivity index (χ1) is 44.6. The Hall–Kier alpha value is -7.84. The minimum atomic E-state index is -3.44. The van der Waals surface area contributed by atoms with E-state index in [0.29, 0.717) is 76.3 Å². The number of nitrogens with one attached hydrogen (secondary N) is 4. The van der Waals surface area contributed by atoms with Gasteiger partial charge in [-0.3, -0.25) is 28.4 Å². The minimum Gasteiger partial charge on any atom is -0.479 e. The van der Waals surface area contributed by atoms with Crippen molar-refractivity contribution in [2.45, 2.75) is 99.8 Å². The van der Waals surface area contributed by atoms with Crippen molar-refractivity contribution in [2.75, 3.05) is 103 Å². The number of nitrogens with zero attached hydrogens (tertiary/aromatic N) is 4. The van der Waals surface area contributed by atoms with Gasteiger partial charge in [0.15, 0.2) is 12.2 Å². The van der Waals surface area contributed by atoms with Gasteiger partial charge in [0.2, 0.25) is 0 Å². The van der Waals surface area contributed by atoms with E-state index in [1.165, 1.54) is 34.1 Å². The SMILES string of the molecule is C[C@@H]1Cc2c([nH]c3ccccc23)[C@@H](c2c(F)cc(NC3CN(CCCF)C3)cc2F)N1CC(F)(F)CO.C[C@@H]1Cc2c([nH]c3ccccc23)[C@@H](c2c(F)cc(NC3CN(CCCF)C3)cc2F)N1CC(F)(F)CO.O=C(O)[C@H](O)CO.O=C(O)[C@H](O)CO.O=C=O.O=C=O. The maximum atomic E-state index is 15.7. The number of H-pyrrole nitrogens is 2. The molecule has 94 heavy (non-hydrogen) atoms. The summed E-state index contributed by atoms with van der Waals surface area (Å²) < 4.78 is 145. The molecule has 0 unspecified atom stereocenters. The summed E-state index contributed by atoms with van der Waals surface area (Å²) in [4.78, 5) is 64.9. The maximum Gasteiger partial charge on any atom is 0.373 e. The van der Waals surface area contributed by atoms with Gasteiger partial charge in [-0.1, -0.05) is 36.4 Å². The van der Waals surface area contributed by atoms with Gasteiger partial charge in [-0.2, -0.15) is 19.2 Å². The molecule has 0 saturated carbocycles. The van der Waals surface area contributed by atoms with Crippen molar-refractivity contribution in [1.82, 2.24) is 29.6 Å². The molecule has 0 aliphatic carbocycles. The van der Waals surface area contributed by atoms with E-state index < -0.39 is 123 Å². The number of carboxylic acids is 2. The highest BCUT2D eigenvalue weighted by atomic mass is 19.3. The van der Waals surface area contributed by atoms with Crippen LogP contribution in [0.4, 0.5) is 55.3 Å². The van der Waals surface area contributed by atoms with E-state index in [1.54, 1.807) is 13.8 Å². The van der Waals surface area contributed by atoms with Crippen molar-refractivity contribution in [3.63, 3.8) is 0 Å². The number of carboxylic acid groups (broad SMARTS) is 2. The molecule has 32 heteroatoms. The van der Waals surface area contributed by atoms with Crippen molar-refractivity contribution in [3.05, 3.63) is 130 Å². The van der Waals surface area contributed by atoms with Crippen LogP contribution in [0.3, 0.4) is 0 Å². The molecule has 0 spiro atoms. The van der Waals surface area contributed by atoms with E-state index in [4.69, 9.17) is 49.8 Å². The summed E-state index contributed by atoms with van der Waals surface area (Å²) in [6, 6.07) is 16.5. The molecule has 6 atom stereocenters. The molecular formula is C62H74F10N8O14. The molecule has 6 aromatic rings. The molecule has 2 saturated heterocycles. The first kappa shape index (κ1) is 76.9. The molecule has 2 aromatic heterocycles. The molecule has 4 aliphatic rings. The lowest BCUT2D eigenvalue weighted by molar-refractivity contribution is -0.193. The van der Waals surface area contributed by atoms with E-state index in [-0.39, 0.29) is 60.2 Å². The molecule has 10 rings (SSSR count). The Morgan fingerprint density at radius 1 is 0.574 bits per heavy atom. The van der Waals surface area contributed by atoms with Crippen LogP contribution < -0.4 is 10.6 Å². The van der Waals surface area contributed by atoms with Gasteiger partial charge in [0.1, 0.15) is 36.5 Å². The van der Waals surface area contributed by atoms with Crippen LogP contribution in [0.25, 0.3) is 21.8 Å². The molecule has 0 bridgehead atoms. The number of aromatic amines is 2. The summed E-state index contributed by atoms with van der Waals surface area (Å²) in [6.07, 6.45) is -1.01. The predicted octanol–water partition coefficient (Wildman–Crippen LogP) is 5.41. The lowest BCUT2D eigenvalue weighted by Crippen LogP contribution is -2.54. The largest absolute Gasteiger partial charge is 0.479 e. The molecule has 4 aromatic carbocycles. The standard InChI is InChI=1S/2C27H31F5N4O.2C3H6O4.2CO2/c2*1-16-9-20-19-5-2-3-6-23(19)34-25(20)26(36(16)14-27(31,32)15-37)24-21(29)10-17(11-22(24)30)33-18-12-35(13-18)8-4-7-28;2*4-1-2(5)3(6)7;2*2-1-3/h2*2-3,5-6,10-11,16,18,26,33-34,37H,4,7-9,12-15H2,1H3;2*2,4-5H,1H2,(H,6,7);;/t2*16-,26-;2*2-;;/m1111../s1. The average Bonchev–Trinajstić information content (AvgIpc) is 1.50. The quantitative estimate of drug-likeness (QED) is 0.0378. The van der Waals surface area contributed by atoms with Crippen LogP contribution >= 0.6 is 0 Å². The van der Waals surface area contributed by atoms with E-state index >= 15 is 17.6 Å². The molecule has 516 valence electrons. The second kappa shape index (κ2) is 35.6. The Morgan fingerprint density at radius 2 is 0.883 bits per heavy atom. The molecule has 2 fully saturated rings. The van der Waals surface area contributed by atoms with Crippen LogP contribution in [0, 0.1) is 23.3 Å². The number of aliphatic hydroxyl groups is 6. The second-order valence-electron chi connectivity index (χ2n) is 22.6. The number of anilines is 2. The zero-order valence-electron chi connectivity index (χ0n) is 50.9. The first-order valence-electron chi connectivity index (χ1n) is 29.4. The highest BCUT2D eigenvalue weighted by Gasteiger charge is 2.46. The number of aromatic nitrogens is 2. The smallest absolute Gasteiger partial charge is 0.373 e. The third kappa shape index (κ3) is 20.1. The van der Waals surface area contributed by atoms with E-state index in [1.807, 2.05) is 48.5 Å². The first-order valence-corrected chi connectivity index (χ1v) is 29.4. The van der Waals surface area contributed by atoms with E-state index in [0.717, 1.165) is 32.9 Å². The third-order valence-corrected chi connectivity index (χ3v) is 15.8. The Labute approximate surface area is 531 Å². The summed E-state index contributed by atoms with van der Waals surface area (Å²) in [5, 5.41) is 74.0. The molecule has 12 N–H and O–H groups in total. The molecule has 0 radical (unpaired) electrons. The Balaban J connectivity index is 0.000000265. The third-order valence-electron chi connectivity index (χ3n) is 15.8. The number of benzene rings is 4. The molecule has 4 aliphatic heterocycles. The van der Waals surface area contributed by atoms with Crippen LogP contribution in [-0.4, -0.2) is 235 Å². The predicted molar refractivity (Wildman–Crippen MR) is 317 cm³/mol. The second-order valence-corrected chi connectivity index (χ2v) is 22.6. The number of hydrogen-bond acceptors (Lipinski definition) is 18. The lowest BCUT2D eigenvalue weighted by Gasteiger charge is -2.42. The van der Waals surface area contributed by atoms with Crippen LogP contribution in [0.1, 0.15) is 72.4 Å². The number of aliphatic hydroxyl groups excluding tert-OH is 6. The van der Waals surface area contributed by atoms with E-state index in [2.05, 4.69) is 30.4 Å². The molecule has 6 heterocycles. The molecule has 0 amide bonds. The minimum absolute atomic E-state index is 0.0148. The highest BCUT2D eigenvalue weighted by molar-refractivity contribution is 5.86. The summed E-state index contributed by atoms with van der Waals surface area (Å²) in [6.45, 7) is 0.725. The normalized spacial score (nSPS) is 18.9. The lowest BCUT2D eigenvalue weighted by atomic mass is 9.87. The number of hydrogen-bond donors (Lipinski definition) is 12. The van der Waals surface area contributed by atoms with Gasteiger partial charge in [-0.25, -0.2) is 44.7 Å². The zero-order chi connectivity index (χ0) is 69.8. The number of carbonyl (C=O) groups is 2. The van der Waals surface area contributed by atoms with Gasteiger partial charge in [-0.05, 0) is 87.1 Å². The van der Waals surface area contributed by atoms with Gasteiger partial charge in [0.25, 0.3) is 11.8 Å². The fourth-order valence-corrected chi connectivity index (χ4v) is 11.5. The number of aliphatic carboxylic acids is 2. The number of fused-ring (bicyclic) bond motifs is 6. The Kier molecular flexibility index (Phi) is 29.1. The van der Waals surface area contributed by atoms with Gasteiger partial charge in [0, 0.05) is 107 Å². The summed E-state index contributed by atoms with van der Waals surface area (Å²) in [5.41, 5.74) is 4.10. The number of halogens is 10. The number of alkyl halides is 6. The van der Waals surface area contributed by atoms with Crippen molar-refractivity contribution in [2.24, 2.45) is 0 Å². The van der Waals surface area contributed by atoms with Crippen LogP contribution in [0.2, 0.25) is 0 Å². The Bertz CT molecular complexity index is 3240. The number of carbonyl (C=O) groups excluding carboxylic acids is 4. The zero-order valence-corrected chi connectivity index (χ0v) is 50.9. The van der Waals surface area contributed by atoms with Crippen LogP contribution in [-0.2, 0) is 41.6 Å². The topological polar surface area (TPSA) is 333 Å². The maximum absolute atomic E-state index is 15.7. The number of para-hydroxylation sites is 2. The van der Waals surface area contributed by atoms with Crippen molar-refractivity contribution in [1.29, 1.82) is 0 Å². The van der Waals surface area contributed by atoms with Crippen molar-refractivity contribution < 1.29 is 114 Å². The molecule has 22 nitrogen and oxygen atoms in total. The van der Waals surface area contributed by atoms with Crippen LogP contribution in [0.15, 0.2) is 72.8 Å².